The highest BCUT2D eigenvalue weighted by Gasteiger charge is 2.36. The molecule has 1 atom stereocenters. The Labute approximate surface area is 188 Å². The average Bonchev–Trinajstić information content (AvgIpc) is 3.18. The number of anilines is 2. The predicted molar refractivity (Wildman–Crippen MR) is 122 cm³/mol. The fourth-order valence-electron chi connectivity index (χ4n) is 4.31. The van der Waals surface area contributed by atoms with Crippen molar-refractivity contribution in [3.63, 3.8) is 0 Å². The van der Waals surface area contributed by atoms with E-state index < -0.39 is 5.92 Å². The molecule has 2 aliphatic heterocycles. The molecule has 0 saturated carbocycles. The van der Waals surface area contributed by atoms with Crippen molar-refractivity contribution in [3.05, 3.63) is 54.1 Å². The van der Waals surface area contributed by atoms with Crippen LogP contribution in [0.5, 0.6) is 5.75 Å². The van der Waals surface area contributed by atoms with Crippen LogP contribution in [0.1, 0.15) is 38.2 Å². The van der Waals surface area contributed by atoms with Crippen molar-refractivity contribution in [2.75, 3.05) is 29.9 Å². The van der Waals surface area contributed by atoms with Crippen LogP contribution >= 0.6 is 0 Å². The second-order valence-electron chi connectivity index (χ2n) is 8.27. The quantitative estimate of drug-likeness (QED) is 0.721. The van der Waals surface area contributed by atoms with Gasteiger partial charge in [-0.15, -0.1) is 0 Å². The standard InChI is InChI=1S/C25H29N3O4/c1-2-32-22-11-4-3-10-21(22)28-17-19(15-24(28)30)25(31)26-20-9-7-8-18(14-20)16-27-13-6-5-12-23(27)29/h3-4,7-11,14,19H,2,5-6,12-13,15-17H2,1H3,(H,26,31). The molecule has 1 unspecified atom stereocenters. The molecule has 0 aliphatic carbocycles. The maximum absolute atomic E-state index is 12.9. The molecular formula is C25H29N3O4. The summed E-state index contributed by atoms with van der Waals surface area (Å²) in [7, 11) is 0. The van der Waals surface area contributed by atoms with E-state index in [2.05, 4.69) is 5.32 Å². The van der Waals surface area contributed by atoms with E-state index in [1.807, 2.05) is 60.4 Å². The van der Waals surface area contributed by atoms with E-state index >= 15 is 0 Å². The largest absolute Gasteiger partial charge is 0.492 e. The number of hydrogen-bond donors (Lipinski definition) is 1. The Hall–Kier alpha value is -3.35. The molecule has 168 valence electrons. The molecular weight excluding hydrogens is 406 g/mol. The molecule has 1 N–H and O–H groups in total. The first-order valence-corrected chi connectivity index (χ1v) is 11.2. The van der Waals surface area contributed by atoms with Gasteiger partial charge in [0.25, 0.3) is 0 Å². The first-order chi connectivity index (χ1) is 15.5. The summed E-state index contributed by atoms with van der Waals surface area (Å²) in [5.74, 6) is 0.118. The van der Waals surface area contributed by atoms with Gasteiger partial charge < -0.3 is 19.9 Å². The van der Waals surface area contributed by atoms with Gasteiger partial charge in [0.05, 0.1) is 18.2 Å². The van der Waals surface area contributed by atoms with Crippen molar-refractivity contribution < 1.29 is 19.1 Å². The molecule has 0 aromatic heterocycles. The molecule has 2 fully saturated rings. The van der Waals surface area contributed by atoms with Crippen LogP contribution in [0.15, 0.2) is 48.5 Å². The Morgan fingerprint density at radius 2 is 1.94 bits per heavy atom. The van der Waals surface area contributed by atoms with Gasteiger partial charge in [0.1, 0.15) is 5.75 Å². The molecule has 0 radical (unpaired) electrons. The number of carbonyl (C=O) groups is 3. The van der Waals surface area contributed by atoms with Gasteiger partial charge in [-0.25, -0.2) is 0 Å². The zero-order chi connectivity index (χ0) is 22.5. The van der Waals surface area contributed by atoms with Gasteiger partial charge in [0.2, 0.25) is 17.7 Å². The number of likely N-dealkylation sites (tertiary alicyclic amines) is 1. The number of para-hydroxylation sites is 2. The van der Waals surface area contributed by atoms with Crippen LogP contribution in [0.25, 0.3) is 0 Å². The van der Waals surface area contributed by atoms with E-state index in [-0.39, 0.29) is 24.1 Å². The van der Waals surface area contributed by atoms with Gasteiger partial charge in [-0.1, -0.05) is 24.3 Å². The minimum Gasteiger partial charge on any atom is -0.492 e. The first kappa shape index (κ1) is 21.9. The molecule has 2 aliphatic rings. The van der Waals surface area contributed by atoms with E-state index in [4.69, 9.17) is 4.74 Å². The first-order valence-electron chi connectivity index (χ1n) is 11.2. The summed E-state index contributed by atoms with van der Waals surface area (Å²) in [5, 5.41) is 2.95. The zero-order valence-electron chi connectivity index (χ0n) is 18.4. The van der Waals surface area contributed by atoms with Crippen molar-refractivity contribution in [3.8, 4) is 5.75 Å². The molecule has 2 saturated heterocycles. The van der Waals surface area contributed by atoms with Crippen molar-refractivity contribution in [1.29, 1.82) is 0 Å². The Balaban J connectivity index is 1.40. The number of rotatable bonds is 7. The fraction of sp³-hybridized carbons (Fsp3) is 0.400. The van der Waals surface area contributed by atoms with Crippen molar-refractivity contribution in [2.24, 2.45) is 5.92 Å². The van der Waals surface area contributed by atoms with Crippen molar-refractivity contribution in [1.82, 2.24) is 4.90 Å². The predicted octanol–water partition coefficient (Wildman–Crippen LogP) is 3.59. The number of carbonyl (C=O) groups excluding carboxylic acids is 3. The molecule has 2 heterocycles. The highest BCUT2D eigenvalue weighted by Crippen LogP contribution is 2.33. The third-order valence-corrected chi connectivity index (χ3v) is 5.94. The summed E-state index contributed by atoms with van der Waals surface area (Å²) in [4.78, 5) is 41.2. The second-order valence-corrected chi connectivity index (χ2v) is 8.27. The van der Waals surface area contributed by atoms with Gasteiger partial charge in [-0.3, -0.25) is 14.4 Å². The zero-order valence-corrected chi connectivity index (χ0v) is 18.4. The maximum atomic E-state index is 12.9. The van der Waals surface area contributed by atoms with Gasteiger partial charge >= 0.3 is 0 Å². The minimum absolute atomic E-state index is 0.0883. The molecule has 3 amide bonds. The van der Waals surface area contributed by atoms with Crippen LogP contribution in [0.3, 0.4) is 0 Å². The highest BCUT2D eigenvalue weighted by atomic mass is 16.5. The van der Waals surface area contributed by atoms with Gasteiger partial charge in [0.15, 0.2) is 0 Å². The van der Waals surface area contributed by atoms with E-state index in [0.717, 1.165) is 24.9 Å². The molecule has 32 heavy (non-hydrogen) atoms. The lowest BCUT2D eigenvalue weighted by Gasteiger charge is -2.27. The SMILES string of the molecule is CCOc1ccccc1N1CC(C(=O)Nc2cccc(CN3CCCCC3=O)c2)CC1=O. The number of nitrogens with zero attached hydrogens (tertiary/aromatic N) is 2. The molecule has 2 aromatic rings. The molecule has 0 bridgehead atoms. The number of nitrogens with one attached hydrogen (secondary N) is 1. The topological polar surface area (TPSA) is 79.0 Å². The van der Waals surface area contributed by atoms with E-state index in [1.54, 1.807) is 4.90 Å². The molecule has 2 aromatic carbocycles. The van der Waals surface area contributed by atoms with Gasteiger partial charge in [0, 0.05) is 38.2 Å². The third-order valence-electron chi connectivity index (χ3n) is 5.94. The normalized spacial score (nSPS) is 18.7. The minimum atomic E-state index is -0.440. The lowest BCUT2D eigenvalue weighted by molar-refractivity contribution is -0.133. The number of ether oxygens (including phenoxy) is 1. The Kier molecular flexibility index (Phi) is 6.73. The fourth-order valence-corrected chi connectivity index (χ4v) is 4.31. The number of benzene rings is 2. The Bertz CT molecular complexity index is 1010. The van der Waals surface area contributed by atoms with Crippen molar-refractivity contribution in [2.45, 2.75) is 39.2 Å². The summed E-state index contributed by atoms with van der Waals surface area (Å²) in [6.45, 7) is 4.04. The summed E-state index contributed by atoms with van der Waals surface area (Å²) >= 11 is 0. The summed E-state index contributed by atoms with van der Waals surface area (Å²) in [5.41, 5.74) is 2.35. The van der Waals surface area contributed by atoms with Gasteiger partial charge in [-0.05, 0) is 49.6 Å². The molecule has 4 rings (SSSR count). The summed E-state index contributed by atoms with van der Waals surface area (Å²) in [6.07, 6.45) is 2.75. The average molecular weight is 436 g/mol. The Morgan fingerprint density at radius 3 is 2.75 bits per heavy atom. The van der Waals surface area contributed by atoms with Gasteiger partial charge in [-0.2, -0.15) is 0 Å². The molecule has 7 nitrogen and oxygen atoms in total. The van der Waals surface area contributed by atoms with Crippen LogP contribution in [-0.4, -0.2) is 42.3 Å². The van der Waals surface area contributed by atoms with E-state index in [1.165, 1.54) is 0 Å². The van der Waals surface area contributed by atoms with Crippen LogP contribution in [-0.2, 0) is 20.9 Å². The molecule has 0 spiro atoms. The monoisotopic (exact) mass is 435 g/mol. The van der Waals surface area contributed by atoms with Crippen LogP contribution in [0, 0.1) is 5.92 Å². The lowest BCUT2D eigenvalue weighted by atomic mass is 10.1. The van der Waals surface area contributed by atoms with Crippen LogP contribution in [0.4, 0.5) is 11.4 Å². The number of piperidine rings is 1. The van der Waals surface area contributed by atoms with Crippen molar-refractivity contribution >= 4 is 29.1 Å². The third kappa shape index (κ3) is 4.93. The highest BCUT2D eigenvalue weighted by molar-refractivity contribution is 6.04. The maximum Gasteiger partial charge on any atom is 0.229 e. The van der Waals surface area contributed by atoms with Crippen LogP contribution < -0.4 is 15.0 Å². The molecule has 7 heteroatoms. The number of amides is 3. The summed E-state index contributed by atoms with van der Waals surface area (Å²) in [6, 6.07) is 15.0. The van der Waals surface area contributed by atoms with E-state index in [9.17, 15) is 14.4 Å². The smallest absolute Gasteiger partial charge is 0.229 e. The second kappa shape index (κ2) is 9.85. The van der Waals surface area contributed by atoms with Crippen LogP contribution in [0.2, 0.25) is 0 Å². The summed E-state index contributed by atoms with van der Waals surface area (Å²) < 4.78 is 5.65. The number of hydrogen-bond acceptors (Lipinski definition) is 4. The van der Waals surface area contributed by atoms with E-state index in [0.29, 0.717) is 43.2 Å². The lowest BCUT2D eigenvalue weighted by Crippen LogP contribution is -2.34. The Morgan fingerprint density at radius 1 is 1.09 bits per heavy atom.